The molecule has 2 saturated heterocycles. The molecule has 3 N–H and O–H groups in total. The molecule has 3 atom stereocenters. The van der Waals surface area contributed by atoms with E-state index in [0.29, 0.717) is 12.6 Å². The molecule has 1 aliphatic carbocycles. The third-order valence-electron chi connectivity index (χ3n) is 5.07. The first-order chi connectivity index (χ1) is 9.76. The number of likely N-dealkylation sites (tertiary alicyclic amines) is 1. The maximum absolute atomic E-state index is 12.2. The number of ether oxygens (including phenoxy) is 1. The van der Waals surface area contributed by atoms with Gasteiger partial charge in [0.25, 0.3) is 0 Å². The average Bonchev–Trinajstić information content (AvgIpc) is 3.19. The second kappa shape index (κ2) is 9.28. The summed E-state index contributed by atoms with van der Waals surface area (Å²) in [7, 11) is 0. The van der Waals surface area contributed by atoms with Gasteiger partial charge in [0.1, 0.15) is 6.10 Å². The van der Waals surface area contributed by atoms with E-state index in [4.69, 9.17) is 10.5 Å². The van der Waals surface area contributed by atoms with Gasteiger partial charge in [0, 0.05) is 31.7 Å². The van der Waals surface area contributed by atoms with Crippen LogP contribution in [0.5, 0.6) is 0 Å². The van der Waals surface area contributed by atoms with Crippen LogP contribution in [0.4, 0.5) is 0 Å². The van der Waals surface area contributed by atoms with Gasteiger partial charge < -0.3 is 15.8 Å². The summed E-state index contributed by atoms with van der Waals surface area (Å²) < 4.78 is 5.66. The van der Waals surface area contributed by atoms with Crippen LogP contribution in [-0.4, -0.2) is 54.7 Å². The lowest BCUT2D eigenvalue weighted by atomic mass is 10.1. The first-order valence-electron chi connectivity index (χ1n) is 8.16. The Balaban J connectivity index is 0.00000121. The highest BCUT2D eigenvalue weighted by Gasteiger charge is 2.34. The van der Waals surface area contributed by atoms with Gasteiger partial charge in [-0.15, -0.1) is 24.8 Å². The Morgan fingerprint density at radius 2 is 1.86 bits per heavy atom. The second-order valence-corrected chi connectivity index (χ2v) is 6.49. The fraction of sp³-hybridized carbons (Fsp3) is 0.933. The number of nitrogens with zero attached hydrogens (tertiary/aromatic N) is 1. The number of hydrogen-bond acceptors (Lipinski definition) is 4. The Hall–Kier alpha value is -0.0700. The molecule has 2 aliphatic heterocycles. The molecular weight excluding hydrogens is 325 g/mol. The van der Waals surface area contributed by atoms with E-state index < -0.39 is 0 Å². The Morgan fingerprint density at radius 1 is 1.14 bits per heavy atom. The number of nitrogens with two attached hydrogens (primary N) is 1. The van der Waals surface area contributed by atoms with Crippen LogP contribution in [0.15, 0.2) is 0 Å². The zero-order valence-corrected chi connectivity index (χ0v) is 14.7. The second-order valence-electron chi connectivity index (χ2n) is 6.49. The van der Waals surface area contributed by atoms with Crippen molar-refractivity contribution in [1.82, 2.24) is 10.2 Å². The molecule has 130 valence electrons. The maximum Gasteiger partial charge on any atom is 0.249 e. The Bertz CT molecular complexity index is 354. The molecule has 3 rings (SSSR count). The van der Waals surface area contributed by atoms with E-state index >= 15 is 0 Å². The van der Waals surface area contributed by atoms with Crippen molar-refractivity contribution in [1.29, 1.82) is 0 Å². The maximum atomic E-state index is 12.2. The van der Waals surface area contributed by atoms with E-state index in [0.717, 1.165) is 38.4 Å². The molecule has 1 amide bonds. The zero-order chi connectivity index (χ0) is 13.9. The molecule has 1 saturated carbocycles. The Labute approximate surface area is 145 Å². The number of rotatable bonds is 4. The minimum atomic E-state index is -0.274. The van der Waals surface area contributed by atoms with Crippen molar-refractivity contribution in [2.45, 2.75) is 69.2 Å². The summed E-state index contributed by atoms with van der Waals surface area (Å²) >= 11 is 0. The molecule has 5 nitrogen and oxygen atoms in total. The molecule has 0 radical (unpaired) electrons. The third kappa shape index (κ3) is 4.71. The predicted molar refractivity (Wildman–Crippen MR) is 91.8 cm³/mol. The Morgan fingerprint density at radius 3 is 2.50 bits per heavy atom. The van der Waals surface area contributed by atoms with Crippen LogP contribution >= 0.6 is 24.8 Å². The smallest absolute Gasteiger partial charge is 0.249 e. The third-order valence-corrected chi connectivity index (χ3v) is 5.07. The van der Waals surface area contributed by atoms with Crippen LogP contribution in [0.3, 0.4) is 0 Å². The standard InChI is InChI=1S/C15H27N3O2.2ClH/c16-9-13-5-6-14(20-13)15(19)17-11-7-8-18(10-11)12-3-1-2-4-12;;/h11-14H,1-10,16H2,(H,17,19);2*1H/t11?,13-,14+;;/m1../s1. The lowest BCUT2D eigenvalue weighted by Crippen LogP contribution is -2.43. The lowest BCUT2D eigenvalue weighted by Gasteiger charge is -2.24. The van der Waals surface area contributed by atoms with E-state index in [1.165, 1.54) is 25.7 Å². The molecule has 1 unspecified atom stereocenters. The lowest BCUT2D eigenvalue weighted by molar-refractivity contribution is -0.132. The fourth-order valence-electron chi connectivity index (χ4n) is 3.87. The molecule has 0 bridgehead atoms. The quantitative estimate of drug-likeness (QED) is 0.802. The zero-order valence-electron chi connectivity index (χ0n) is 13.0. The molecule has 7 heteroatoms. The minimum Gasteiger partial charge on any atom is -0.364 e. The van der Waals surface area contributed by atoms with E-state index in [1.54, 1.807) is 0 Å². The summed E-state index contributed by atoms with van der Waals surface area (Å²) in [6.45, 7) is 2.67. The summed E-state index contributed by atoms with van der Waals surface area (Å²) in [5, 5.41) is 3.17. The van der Waals surface area contributed by atoms with Crippen molar-refractivity contribution in [2.24, 2.45) is 5.73 Å². The average molecular weight is 354 g/mol. The summed E-state index contributed by atoms with van der Waals surface area (Å²) in [6, 6.07) is 1.07. The van der Waals surface area contributed by atoms with Crippen molar-refractivity contribution >= 4 is 30.7 Å². The van der Waals surface area contributed by atoms with Gasteiger partial charge >= 0.3 is 0 Å². The number of carbonyl (C=O) groups is 1. The van der Waals surface area contributed by atoms with Crippen LogP contribution in [0.2, 0.25) is 0 Å². The fourth-order valence-corrected chi connectivity index (χ4v) is 3.87. The van der Waals surface area contributed by atoms with E-state index in [1.807, 2.05) is 0 Å². The normalized spacial score (nSPS) is 32.5. The number of amides is 1. The van der Waals surface area contributed by atoms with E-state index in [9.17, 15) is 4.79 Å². The summed E-state index contributed by atoms with van der Waals surface area (Å²) in [5.41, 5.74) is 5.58. The highest BCUT2D eigenvalue weighted by molar-refractivity contribution is 5.85. The molecule has 2 heterocycles. The van der Waals surface area contributed by atoms with Gasteiger partial charge in [0.2, 0.25) is 5.91 Å². The molecule has 3 fully saturated rings. The molecule has 0 aromatic carbocycles. The van der Waals surface area contributed by atoms with Crippen molar-refractivity contribution in [3.63, 3.8) is 0 Å². The van der Waals surface area contributed by atoms with Gasteiger partial charge in [-0.2, -0.15) is 0 Å². The largest absolute Gasteiger partial charge is 0.364 e. The number of halogens is 2. The van der Waals surface area contributed by atoms with Gasteiger partial charge in [0.15, 0.2) is 0 Å². The number of hydrogen-bond donors (Lipinski definition) is 2. The highest BCUT2D eigenvalue weighted by Crippen LogP contribution is 2.27. The van der Waals surface area contributed by atoms with Crippen molar-refractivity contribution in [3.05, 3.63) is 0 Å². The molecule has 3 aliphatic rings. The van der Waals surface area contributed by atoms with Gasteiger partial charge in [-0.25, -0.2) is 0 Å². The van der Waals surface area contributed by atoms with Gasteiger partial charge in [0.05, 0.1) is 6.10 Å². The first kappa shape index (κ1) is 20.0. The SMILES string of the molecule is Cl.Cl.NC[C@H]1CC[C@@H](C(=O)NC2CCN(C3CCCC3)C2)O1. The van der Waals surface area contributed by atoms with E-state index in [-0.39, 0.29) is 42.9 Å². The number of carbonyl (C=O) groups excluding carboxylic acids is 1. The summed E-state index contributed by atoms with van der Waals surface area (Å²) in [4.78, 5) is 14.8. The topological polar surface area (TPSA) is 67.6 Å². The molecule has 22 heavy (non-hydrogen) atoms. The van der Waals surface area contributed by atoms with Crippen LogP contribution < -0.4 is 11.1 Å². The number of nitrogens with one attached hydrogen (secondary N) is 1. The predicted octanol–water partition coefficient (Wildman–Crippen LogP) is 1.47. The molecule has 0 aromatic heterocycles. The van der Waals surface area contributed by atoms with Crippen molar-refractivity contribution < 1.29 is 9.53 Å². The monoisotopic (exact) mass is 353 g/mol. The van der Waals surface area contributed by atoms with E-state index in [2.05, 4.69) is 10.2 Å². The highest BCUT2D eigenvalue weighted by atomic mass is 35.5. The minimum absolute atomic E-state index is 0. The van der Waals surface area contributed by atoms with Gasteiger partial charge in [-0.05, 0) is 32.1 Å². The van der Waals surface area contributed by atoms with Gasteiger partial charge in [-0.3, -0.25) is 9.69 Å². The molecular formula is C15H29Cl2N3O2. The van der Waals surface area contributed by atoms with Crippen LogP contribution in [-0.2, 0) is 9.53 Å². The molecule has 0 aromatic rings. The van der Waals surface area contributed by atoms with Crippen LogP contribution in [0.25, 0.3) is 0 Å². The van der Waals surface area contributed by atoms with Crippen molar-refractivity contribution in [3.8, 4) is 0 Å². The van der Waals surface area contributed by atoms with Crippen LogP contribution in [0.1, 0.15) is 44.9 Å². The summed E-state index contributed by atoms with van der Waals surface area (Å²) in [5.74, 6) is 0.0687. The van der Waals surface area contributed by atoms with Crippen molar-refractivity contribution in [2.75, 3.05) is 19.6 Å². The first-order valence-corrected chi connectivity index (χ1v) is 8.16. The van der Waals surface area contributed by atoms with Gasteiger partial charge in [-0.1, -0.05) is 12.8 Å². The van der Waals surface area contributed by atoms with Crippen LogP contribution in [0, 0.1) is 0 Å². The summed E-state index contributed by atoms with van der Waals surface area (Å²) in [6.07, 6.45) is 8.02. The Kier molecular flexibility index (Phi) is 8.43. The molecule has 0 spiro atoms.